The maximum atomic E-state index is 13.0. The molecular weight excluding hydrogens is 311 g/mol. The average Bonchev–Trinajstić information content (AvgIpc) is 2.33. The van der Waals surface area contributed by atoms with Crippen molar-refractivity contribution < 1.29 is 9.18 Å². The summed E-state index contributed by atoms with van der Waals surface area (Å²) in [5, 5.41) is 2.64. The van der Waals surface area contributed by atoms with Crippen LogP contribution >= 0.6 is 15.9 Å². The zero-order chi connectivity index (χ0) is 14.0. The van der Waals surface area contributed by atoms with Crippen molar-refractivity contribution >= 4 is 33.2 Å². The summed E-state index contributed by atoms with van der Waals surface area (Å²) in [6.07, 6.45) is 0. The third-order valence-electron chi connectivity index (χ3n) is 2.74. The van der Waals surface area contributed by atoms with E-state index < -0.39 is 5.82 Å². The van der Waals surface area contributed by atoms with E-state index >= 15 is 0 Å². The molecule has 2 aromatic carbocycles. The highest BCUT2D eigenvalue weighted by atomic mass is 79.9. The second-order valence-electron chi connectivity index (χ2n) is 4.13. The third-order valence-corrected chi connectivity index (χ3v) is 3.20. The van der Waals surface area contributed by atoms with Gasteiger partial charge in [0.05, 0.1) is 0 Å². The molecule has 0 spiro atoms. The van der Waals surface area contributed by atoms with Crippen LogP contribution in [0.2, 0.25) is 0 Å². The molecule has 0 aliphatic rings. The SMILES string of the molecule is Cc1c(N)cc(Br)cc1C(=O)Nc1cccc(F)c1. The molecule has 0 aliphatic carbocycles. The molecule has 0 aliphatic heterocycles. The molecule has 3 N–H and O–H groups in total. The predicted octanol–water partition coefficient (Wildman–Crippen LogP) is 3.73. The van der Waals surface area contributed by atoms with E-state index in [1.54, 1.807) is 25.1 Å². The van der Waals surface area contributed by atoms with E-state index in [2.05, 4.69) is 21.2 Å². The number of hydrogen-bond donors (Lipinski definition) is 2. The van der Waals surface area contributed by atoms with Crippen molar-refractivity contribution in [3.63, 3.8) is 0 Å². The highest BCUT2D eigenvalue weighted by Gasteiger charge is 2.12. The fourth-order valence-electron chi connectivity index (χ4n) is 1.70. The molecule has 0 saturated heterocycles. The standard InChI is InChI=1S/C14H12BrFN2O/c1-8-12(5-9(15)6-13(8)17)14(19)18-11-4-2-3-10(16)7-11/h2-7H,17H2,1H3,(H,18,19). The normalized spacial score (nSPS) is 10.3. The lowest BCUT2D eigenvalue weighted by atomic mass is 10.1. The van der Waals surface area contributed by atoms with Crippen LogP contribution in [0.3, 0.4) is 0 Å². The van der Waals surface area contributed by atoms with Crippen molar-refractivity contribution in [2.75, 3.05) is 11.1 Å². The maximum Gasteiger partial charge on any atom is 0.256 e. The first-order valence-electron chi connectivity index (χ1n) is 5.60. The molecule has 1 amide bonds. The lowest BCUT2D eigenvalue weighted by molar-refractivity contribution is 0.102. The highest BCUT2D eigenvalue weighted by molar-refractivity contribution is 9.10. The number of carbonyl (C=O) groups excluding carboxylic acids is 1. The molecule has 2 rings (SSSR count). The molecule has 0 radical (unpaired) electrons. The molecule has 0 fully saturated rings. The van der Waals surface area contributed by atoms with Crippen LogP contribution in [-0.2, 0) is 0 Å². The lowest BCUT2D eigenvalue weighted by Crippen LogP contribution is -2.14. The molecule has 0 heterocycles. The number of nitrogens with one attached hydrogen (secondary N) is 1. The van der Waals surface area contributed by atoms with Crippen molar-refractivity contribution in [1.29, 1.82) is 0 Å². The molecule has 19 heavy (non-hydrogen) atoms. The van der Waals surface area contributed by atoms with Gasteiger partial charge in [-0.2, -0.15) is 0 Å². The van der Waals surface area contributed by atoms with E-state index in [9.17, 15) is 9.18 Å². The molecule has 0 saturated carbocycles. The number of nitrogens with two attached hydrogens (primary N) is 1. The van der Waals surface area contributed by atoms with Gasteiger partial charge in [0.15, 0.2) is 0 Å². The zero-order valence-corrected chi connectivity index (χ0v) is 11.8. The first-order valence-corrected chi connectivity index (χ1v) is 6.39. The van der Waals surface area contributed by atoms with E-state index in [0.29, 0.717) is 22.5 Å². The van der Waals surface area contributed by atoms with Crippen LogP contribution in [-0.4, -0.2) is 5.91 Å². The van der Waals surface area contributed by atoms with Crippen LogP contribution in [0.5, 0.6) is 0 Å². The van der Waals surface area contributed by atoms with Gasteiger partial charge in [-0.25, -0.2) is 4.39 Å². The number of nitrogen functional groups attached to an aromatic ring is 1. The summed E-state index contributed by atoms with van der Waals surface area (Å²) in [7, 11) is 0. The minimum atomic E-state index is -0.400. The summed E-state index contributed by atoms with van der Waals surface area (Å²) in [4.78, 5) is 12.1. The van der Waals surface area contributed by atoms with Crippen molar-refractivity contribution in [2.45, 2.75) is 6.92 Å². The van der Waals surface area contributed by atoms with E-state index in [4.69, 9.17) is 5.73 Å². The van der Waals surface area contributed by atoms with E-state index in [1.165, 1.54) is 18.2 Å². The Morgan fingerprint density at radius 1 is 1.32 bits per heavy atom. The van der Waals surface area contributed by atoms with Crippen molar-refractivity contribution in [1.82, 2.24) is 0 Å². The fourth-order valence-corrected chi connectivity index (χ4v) is 2.18. The Labute approximate surface area is 118 Å². The fraction of sp³-hybridized carbons (Fsp3) is 0.0714. The first-order chi connectivity index (χ1) is 8.97. The van der Waals surface area contributed by atoms with Gasteiger partial charge in [-0.1, -0.05) is 22.0 Å². The topological polar surface area (TPSA) is 55.1 Å². The van der Waals surface area contributed by atoms with Crippen LogP contribution < -0.4 is 11.1 Å². The molecule has 0 bridgehead atoms. The number of halogens is 2. The quantitative estimate of drug-likeness (QED) is 0.828. The van der Waals surface area contributed by atoms with Gasteiger partial charge in [0.1, 0.15) is 5.82 Å². The smallest absolute Gasteiger partial charge is 0.256 e. The van der Waals surface area contributed by atoms with E-state index in [1.807, 2.05) is 0 Å². The summed E-state index contributed by atoms with van der Waals surface area (Å²) in [5.74, 6) is -0.723. The summed E-state index contributed by atoms with van der Waals surface area (Å²) >= 11 is 3.29. The van der Waals surface area contributed by atoms with Crippen LogP contribution in [0.1, 0.15) is 15.9 Å². The number of benzene rings is 2. The number of rotatable bonds is 2. The van der Waals surface area contributed by atoms with Crippen LogP contribution in [0.4, 0.5) is 15.8 Å². The minimum absolute atomic E-state index is 0.323. The van der Waals surface area contributed by atoms with E-state index in [0.717, 1.165) is 4.47 Å². The Kier molecular flexibility index (Phi) is 3.85. The monoisotopic (exact) mass is 322 g/mol. The van der Waals surface area contributed by atoms with Gasteiger partial charge in [0, 0.05) is 21.4 Å². The van der Waals surface area contributed by atoms with Gasteiger partial charge >= 0.3 is 0 Å². The summed E-state index contributed by atoms with van der Waals surface area (Å²) in [6, 6.07) is 9.14. The number of amides is 1. The number of anilines is 2. The largest absolute Gasteiger partial charge is 0.398 e. The number of hydrogen-bond acceptors (Lipinski definition) is 2. The molecule has 3 nitrogen and oxygen atoms in total. The Morgan fingerprint density at radius 2 is 2.05 bits per heavy atom. The lowest BCUT2D eigenvalue weighted by Gasteiger charge is -2.10. The Bertz CT molecular complexity index is 643. The van der Waals surface area contributed by atoms with Gasteiger partial charge in [0.25, 0.3) is 5.91 Å². The summed E-state index contributed by atoms with van der Waals surface area (Å²) < 4.78 is 13.8. The predicted molar refractivity (Wildman–Crippen MR) is 77.6 cm³/mol. The van der Waals surface area contributed by atoms with Gasteiger partial charge in [-0.15, -0.1) is 0 Å². The molecular formula is C14H12BrFN2O. The second-order valence-corrected chi connectivity index (χ2v) is 5.05. The van der Waals surface area contributed by atoms with Crippen molar-refractivity contribution in [3.05, 3.63) is 57.8 Å². The van der Waals surface area contributed by atoms with Gasteiger partial charge in [0.2, 0.25) is 0 Å². The molecule has 5 heteroatoms. The second kappa shape index (κ2) is 5.40. The van der Waals surface area contributed by atoms with Crippen molar-refractivity contribution in [3.8, 4) is 0 Å². The van der Waals surface area contributed by atoms with Crippen LogP contribution in [0.25, 0.3) is 0 Å². The zero-order valence-electron chi connectivity index (χ0n) is 10.2. The van der Waals surface area contributed by atoms with Gasteiger partial charge in [-0.3, -0.25) is 4.79 Å². The van der Waals surface area contributed by atoms with Crippen LogP contribution in [0, 0.1) is 12.7 Å². The highest BCUT2D eigenvalue weighted by Crippen LogP contribution is 2.23. The molecule has 0 aromatic heterocycles. The Balaban J connectivity index is 2.30. The van der Waals surface area contributed by atoms with Crippen LogP contribution in [0.15, 0.2) is 40.9 Å². The average molecular weight is 323 g/mol. The summed E-state index contributed by atoms with van der Waals surface area (Å²) in [5.41, 5.74) is 7.89. The molecule has 2 aromatic rings. The Morgan fingerprint density at radius 3 is 2.74 bits per heavy atom. The maximum absolute atomic E-state index is 13.0. The minimum Gasteiger partial charge on any atom is -0.398 e. The molecule has 98 valence electrons. The van der Waals surface area contributed by atoms with Crippen molar-refractivity contribution in [2.24, 2.45) is 0 Å². The third kappa shape index (κ3) is 3.12. The molecule has 0 atom stereocenters. The molecule has 0 unspecified atom stereocenters. The number of carbonyl (C=O) groups is 1. The van der Waals surface area contributed by atoms with Gasteiger partial charge in [-0.05, 0) is 42.8 Å². The summed E-state index contributed by atoms with van der Waals surface area (Å²) in [6.45, 7) is 1.77. The van der Waals surface area contributed by atoms with E-state index in [-0.39, 0.29) is 5.91 Å². The first kappa shape index (κ1) is 13.5. The van der Waals surface area contributed by atoms with Gasteiger partial charge < -0.3 is 11.1 Å². The Hall–Kier alpha value is -1.88.